The number of likely N-dealkylation sites (tertiary alicyclic amines) is 1. The summed E-state index contributed by atoms with van der Waals surface area (Å²) in [5, 5.41) is 0. The van der Waals surface area contributed by atoms with Crippen molar-refractivity contribution in [2.24, 2.45) is 0 Å². The van der Waals surface area contributed by atoms with Crippen molar-refractivity contribution in [2.75, 3.05) is 34.2 Å². The number of rotatable bonds is 3. The van der Waals surface area contributed by atoms with Gasteiger partial charge in [-0.25, -0.2) is 0 Å². The zero-order valence-electron chi connectivity index (χ0n) is 10.7. The number of nitrogens with zero attached hydrogens (tertiary/aromatic N) is 2. The molecule has 0 aromatic heterocycles. The van der Waals surface area contributed by atoms with Gasteiger partial charge in [0.25, 0.3) is 0 Å². The minimum Gasteiger partial charge on any atom is -0.327 e. The van der Waals surface area contributed by atoms with Crippen molar-refractivity contribution in [3.05, 3.63) is 35.9 Å². The minimum absolute atomic E-state index is 0.795. The summed E-state index contributed by atoms with van der Waals surface area (Å²) in [4.78, 5) is 2.57. The van der Waals surface area contributed by atoms with E-state index < -0.39 is 0 Å². The van der Waals surface area contributed by atoms with Crippen LogP contribution in [0.5, 0.6) is 0 Å². The molecule has 0 radical (unpaired) electrons. The van der Waals surface area contributed by atoms with E-state index in [-0.39, 0.29) is 0 Å². The highest BCUT2D eigenvalue weighted by Crippen LogP contribution is 2.19. The van der Waals surface area contributed by atoms with E-state index in [2.05, 4.69) is 56.4 Å². The molecule has 2 heteroatoms. The number of benzene rings is 1. The van der Waals surface area contributed by atoms with E-state index in [9.17, 15) is 0 Å². The van der Waals surface area contributed by atoms with Crippen molar-refractivity contribution in [1.82, 2.24) is 4.90 Å². The molecule has 0 amide bonds. The van der Waals surface area contributed by atoms with Gasteiger partial charge < -0.3 is 4.48 Å². The Kier molecular flexibility index (Phi) is 3.31. The van der Waals surface area contributed by atoms with Gasteiger partial charge in [-0.3, -0.25) is 4.90 Å². The Hall–Kier alpha value is -0.860. The molecule has 1 aromatic rings. The molecule has 0 aliphatic carbocycles. The molecule has 1 heterocycles. The second-order valence-electron chi connectivity index (χ2n) is 5.78. The molecule has 0 saturated carbocycles. The first-order valence-electron chi connectivity index (χ1n) is 6.13. The van der Waals surface area contributed by atoms with Gasteiger partial charge in [0.1, 0.15) is 6.04 Å². The van der Waals surface area contributed by atoms with Crippen LogP contribution in [0.4, 0.5) is 0 Å². The van der Waals surface area contributed by atoms with Crippen molar-refractivity contribution < 1.29 is 4.48 Å². The molecule has 16 heavy (non-hydrogen) atoms. The summed E-state index contributed by atoms with van der Waals surface area (Å²) in [7, 11) is 6.91. The van der Waals surface area contributed by atoms with Crippen LogP contribution in [0.2, 0.25) is 0 Å². The summed E-state index contributed by atoms with van der Waals surface area (Å²) >= 11 is 0. The third kappa shape index (κ3) is 2.83. The van der Waals surface area contributed by atoms with Crippen LogP contribution in [0, 0.1) is 0 Å². The van der Waals surface area contributed by atoms with Crippen LogP contribution < -0.4 is 0 Å². The highest BCUT2D eigenvalue weighted by molar-refractivity contribution is 5.14. The van der Waals surface area contributed by atoms with Gasteiger partial charge in [-0.15, -0.1) is 0 Å². The predicted octanol–water partition coefficient (Wildman–Crippen LogP) is 1.97. The lowest BCUT2D eigenvalue weighted by Crippen LogP contribution is -2.46. The Morgan fingerprint density at radius 3 is 2.44 bits per heavy atom. The van der Waals surface area contributed by atoms with Crippen LogP contribution in [0.15, 0.2) is 30.3 Å². The molecular weight excluding hydrogens is 196 g/mol. The van der Waals surface area contributed by atoms with Gasteiger partial charge in [-0.05, 0) is 5.56 Å². The highest BCUT2D eigenvalue weighted by Gasteiger charge is 2.31. The molecule has 1 aromatic carbocycles. The number of hydrogen-bond acceptors (Lipinski definition) is 1. The van der Waals surface area contributed by atoms with Crippen LogP contribution in [-0.2, 0) is 6.54 Å². The molecule has 1 aliphatic heterocycles. The van der Waals surface area contributed by atoms with Gasteiger partial charge in [0.2, 0.25) is 0 Å². The summed E-state index contributed by atoms with van der Waals surface area (Å²) < 4.78 is 1.09. The Balaban J connectivity index is 1.91. The van der Waals surface area contributed by atoms with Gasteiger partial charge in [-0.2, -0.15) is 0 Å². The number of quaternary nitrogens is 1. The quantitative estimate of drug-likeness (QED) is 0.703. The maximum atomic E-state index is 2.57. The molecule has 1 fully saturated rings. The molecule has 0 bridgehead atoms. The molecule has 1 atom stereocenters. The lowest BCUT2D eigenvalue weighted by molar-refractivity contribution is -0.893. The molecule has 0 N–H and O–H groups in total. The lowest BCUT2D eigenvalue weighted by Gasteiger charge is -2.31. The predicted molar refractivity (Wildman–Crippen MR) is 68.2 cm³/mol. The van der Waals surface area contributed by atoms with E-state index in [4.69, 9.17) is 0 Å². The molecule has 1 saturated heterocycles. The topological polar surface area (TPSA) is 3.24 Å². The Morgan fingerprint density at radius 1 is 1.19 bits per heavy atom. The molecule has 88 valence electrons. The van der Waals surface area contributed by atoms with E-state index in [0.29, 0.717) is 0 Å². The number of hydrogen-bond donors (Lipinski definition) is 0. The summed E-state index contributed by atoms with van der Waals surface area (Å²) in [6.45, 7) is 3.59. The molecule has 2 rings (SSSR count). The van der Waals surface area contributed by atoms with Crippen LogP contribution >= 0.6 is 0 Å². The van der Waals surface area contributed by atoms with Crippen LogP contribution in [0.25, 0.3) is 0 Å². The third-order valence-electron chi connectivity index (χ3n) is 3.59. The summed E-state index contributed by atoms with van der Waals surface area (Å²) in [5.74, 6) is 0. The Morgan fingerprint density at radius 2 is 1.88 bits per heavy atom. The largest absolute Gasteiger partial charge is 0.327 e. The van der Waals surface area contributed by atoms with E-state index in [0.717, 1.165) is 17.1 Å². The zero-order valence-corrected chi connectivity index (χ0v) is 10.7. The molecule has 1 aliphatic rings. The maximum Gasteiger partial charge on any atom is 0.102 e. The summed E-state index contributed by atoms with van der Waals surface area (Å²) in [5.41, 5.74) is 1.43. The molecule has 0 spiro atoms. The van der Waals surface area contributed by atoms with Gasteiger partial charge in [-0.1, -0.05) is 30.3 Å². The first-order valence-corrected chi connectivity index (χ1v) is 6.13. The summed E-state index contributed by atoms with van der Waals surface area (Å²) in [6.07, 6.45) is 1.33. The fourth-order valence-corrected chi connectivity index (χ4v) is 2.43. The van der Waals surface area contributed by atoms with Crippen LogP contribution in [-0.4, -0.2) is 49.7 Å². The van der Waals surface area contributed by atoms with Crippen molar-refractivity contribution in [3.8, 4) is 0 Å². The molecular formula is C14H23N2+. The first-order chi connectivity index (χ1) is 7.55. The SMILES string of the molecule is C[N+](C)(C)C1CCN(Cc2ccccc2)C1. The summed E-state index contributed by atoms with van der Waals surface area (Å²) in [6, 6.07) is 11.6. The van der Waals surface area contributed by atoms with Gasteiger partial charge in [0.05, 0.1) is 27.7 Å². The fraction of sp³-hybridized carbons (Fsp3) is 0.571. The lowest BCUT2D eigenvalue weighted by atomic mass is 10.2. The average Bonchev–Trinajstić information content (AvgIpc) is 2.67. The third-order valence-corrected chi connectivity index (χ3v) is 3.59. The second-order valence-corrected chi connectivity index (χ2v) is 5.78. The molecule has 2 nitrogen and oxygen atoms in total. The Labute approximate surface area is 99.1 Å². The standard InChI is InChI=1S/C14H23N2/c1-16(2,3)14-9-10-15(12-14)11-13-7-5-4-6-8-13/h4-8,14H,9-12H2,1-3H3/q+1. The van der Waals surface area contributed by atoms with E-state index >= 15 is 0 Å². The normalized spacial score (nSPS) is 22.6. The monoisotopic (exact) mass is 219 g/mol. The van der Waals surface area contributed by atoms with Crippen molar-refractivity contribution in [2.45, 2.75) is 19.0 Å². The smallest absolute Gasteiger partial charge is 0.102 e. The van der Waals surface area contributed by atoms with Crippen molar-refractivity contribution in [3.63, 3.8) is 0 Å². The maximum absolute atomic E-state index is 2.57. The minimum atomic E-state index is 0.795. The van der Waals surface area contributed by atoms with Gasteiger partial charge in [0, 0.05) is 19.5 Å². The fourth-order valence-electron chi connectivity index (χ4n) is 2.43. The van der Waals surface area contributed by atoms with Crippen LogP contribution in [0.1, 0.15) is 12.0 Å². The van der Waals surface area contributed by atoms with Crippen LogP contribution in [0.3, 0.4) is 0 Å². The highest BCUT2D eigenvalue weighted by atomic mass is 15.3. The van der Waals surface area contributed by atoms with E-state index in [1.54, 1.807) is 0 Å². The molecule has 1 unspecified atom stereocenters. The van der Waals surface area contributed by atoms with E-state index in [1.807, 2.05) is 0 Å². The second kappa shape index (κ2) is 4.56. The van der Waals surface area contributed by atoms with E-state index in [1.165, 1.54) is 25.1 Å². The van der Waals surface area contributed by atoms with Gasteiger partial charge in [0.15, 0.2) is 0 Å². The van der Waals surface area contributed by atoms with Gasteiger partial charge >= 0.3 is 0 Å². The van der Waals surface area contributed by atoms with Crippen molar-refractivity contribution in [1.29, 1.82) is 0 Å². The number of likely N-dealkylation sites (N-methyl/N-ethyl adjacent to an activating group) is 1. The van der Waals surface area contributed by atoms with Crippen molar-refractivity contribution >= 4 is 0 Å². The average molecular weight is 219 g/mol. The first kappa shape index (κ1) is 11.6. The zero-order chi connectivity index (χ0) is 11.6. The Bertz CT molecular complexity index is 326.